The van der Waals surface area contributed by atoms with Gasteiger partial charge in [-0.1, -0.05) is 34.1 Å². The van der Waals surface area contributed by atoms with Crippen molar-refractivity contribution in [3.63, 3.8) is 0 Å². The highest BCUT2D eigenvalue weighted by Crippen LogP contribution is 2.33. The first kappa shape index (κ1) is 13.7. The van der Waals surface area contributed by atoms with Gasteiger partial charge in [-0.25, -0.2) is 0 Å². The van der Waals surface area contributed by atoms with Crippen molar-refractivity contribution in [2.24, 2.45) is 0 Å². The molecule has 1 aromatic heterocycles. The van der Waals surface area contributed by atoms with Crippen LogP contribution in [0.2, 0.25) is 0 Å². The predicted molar refractivity (Wildman–Crippen MR) is 77.1 cm³/mol. The third kappa shape index (κ3) is 2.84. The first-order chi connectivity index (χ1) is 9.04. The number of carbonyl (C=O) groups is 1. The lowest BCUT2D eigenvalue weighted by Crippen LogP contribution is -2.35. The zero-order valence-corrected chi connectivity index (χ0v) is 12.1. The van der Waals surface area contributed by atoms with Crippen LogP contribution in [0.1, 0.15) is 18.1 Å². The number of nitrogens with zero attached hydrogens (tertiary/aromatic N) is 1. The summed E-state index contributed by atoms with van der Waals surface area (Å²) in [4.78, 5) is 15.7. The molecular formula is C15H14BrNO2. The van der Waals surface area contributed by atoms with Crippen LogP contribution in [-0.4, -0.2) is 16.1 Å². The van der Waals surface area contributed by atoms with Crippen LogP contribution >= 0.6 is 15.9 Å². The van der Waals surface area contributed by atoms with Gasteiger partial charge in [0.1, 0.15) is 0 Å². The van der Waals surface area contributed by atoms with Gasteiger partial charge in [0.05, 0.1) is 5.41 Å². The largest absolute Gasteiger partial charge is 0.481 e. The number of halogens is 1. The fraction of sp³-hybridized carbons (Fsp3) is 0.200. The Morgan fingerprint density at radius 1 is 1.26 bits per heavy atom. The zero-order chi connectivity index (χ0) is 13.9. The Balaban J connectivity index is 2.45. The van der Waals surface area contributed by atoms with E-state index in [-0.39, 0.29) is 0 Å². The number of carboxylic acids is 1. The van der Waals surface area contributed by atoms with E-state index in [2.05, 4.69) is 20.9 Å². The van der Waals surface area contributed by atoms with E-state index in [1.54, 1.807) is 19.3 Å². The summed E-state index contributed by atoms with van der Waals surface area (Å²) in [6, 6.07) is 11.1. The highest BCUT2D eigenvalue weighted by Gasteiger charge is 2.36. The molecule has 0 saturated carbocycles. The number of aromatic nitrogens is 1. The lowest BCUT2D eigenvalue weighted by molar-refractivity contribution is -0.143. The molecular weight excluding hydrogens is 306 g/mol. The number of hydrogen-bond acceptors (Lipinski definition) is 2. The standard InChI is InChI=1S/C15H14BrNO2/c1-15(14(18)19,10-11-6-8-17-9-7-11)12-4-2-3-5-13(12)16/h2-9H,10H2,1H3,(H,18,19). The summed E-state index contributed by atoms with van der Waals surface area (Å²) in [7, 11) is 0. The van der Waals surface area contributed by atoms with Crippen LogP contribution in [0.4, 0.5) is 0 Å². The van der Waals surface area contributed by atoms with E-state index in [0.717, 1.165) is 15.6 Å². The van der Waals surface area contributed by atoms with E-state index in [1.165, 1.54) is 0 Å². The molecule has 0 aliphatic heterocycles. The minimum atomic E-state index is -0.971. The molecule has 0 saturated heterocycles. The molecule has 1 aromatic carbocycles. The second kappa shape index (κ2) is 5.53. The topological polar surface area (TPSA) is 50.2 Å². The Morgan fingerprint density at radius 3 is 2.47 bits per heavy atom. The smallest absolute Gasteiger partial charge is 0.314 e. The SMILES string of the molecule is CC(Cc1ccncc1)(C(=O)O)c1ccccc1Br. The van der Waals surface area contributed by atoms with Crippen molar-refractivity contribution in [1.29, 1.82) is 0 Å². The summed E-state index contributed by atoms with van der Waals surface area (Å²) in [6.45, 7) is 1.75. The molecule has 1 heterocycles. The van der Waals surface area contributed by atoms with Crippen LogP contribution in [0.15, 0.2) is 53.3 Å². The molecule has 0 aliphatic carbocycles. The summed E-state index contributed by atoms with van der Waals surface area (Å²) in [5, 5.41) is 9.64. The van der Waals surface area contributed by atoms with Crippen LogP contribution in [-0.2, 0) is 16.6 Å². The van der Waals surface area contributed by atoms with Crippen LogP contribution in [0.25, 0.3) is 0 Å². The third-order valence-corrected chi connectivity index (χ3v) is 3.94. The number of aliphatic carboxylic acids is 1. The molecule has 0 aliphatic rings. The maximum atomic E-state index is 11.7. The fourth-order valence-electron chi connectivity index (χ4n) is 2.10. The van der Waals surface area contributed by atoms with Crippen LogP contribution in [0.3, 0.4) is 0 Å². The van der Waals surface area contributed by atoms with Gasteiger partial charge in [-0.05, 0) is 42.7 Å². The quantitative estimate of drug-likeness (QED) is 0.939. The number of rotatable bonds is 4. The van der Waals surface area contributed by atoms with Crippen molar-refractivity contribution in [2.45, 2.75) is 18.8 Å². The van der Waals surface area contributed by atoms with Gasteiger partial charge in [-0.15, -0.1) is 0 Å². The van der Waals surface area contributed by atoms with Gasteiger partial charge in [-0.3, -0.25) is 9.78 Å². The Hall–Kier alpha value is -1.68. The second-order valence-corrected chi connectivity index (χ2v) is 5.50. The van der Waals surface area contributed by atoms with E-state index < -0.39 is 11.4 Å². The maximum Gasteiger partial charge on any atom is 0.314 e. The van der Waals surface area contributed by atoms with E-state index in [0.29, 0.717) is 6.42 Å². The van der Waals surface area contributed by atoms with Crippen LogP contribution in [0, 0.1) is 0 Å². The maximum absolute atomic E-state index is 11.7. The van der Waals surface area contributed by atoms with Gasteiger partial charge >= 0.3 is 5.97 Å². The summed E-state index contributed by atoms with van der Waals surface area (Å²) < 4.78 is 0.814. The Morgan fingerprint density at radius 2 is 1.89 bits per heavy atom. The van der Waals surface area contributed by atoms with Crippen molar-refractivity contribution in [3.8, 4) is 0 Å². The van der Waals surface area contributed by atoms with Gasteiger partial charge < -0.3 is 5.11 Å². The van der Waals surface area contributed by atoms with Gasteiger partial charge in [-0.2, -0.15) is 0 Å². The minimum Gasteiger partial charge on any atom is -0.481 e. The monoisotopic (exact) mass is 319 g/mol. The van der Waals surface area contributed by atoms with Gasteiger partial charge in [0.15, 0.2) is 0 Å². The number of pyridine rings is 1. The van der Waals surface area contributed by atoms with E-state index in [9.17, 15) is 9.90 Å². The zero-order valence-electron chi connectivity index (χ0n) is 10.5. The average molecular weight is 320 g/mol. The normalized spacial score (nSPS) is 13.8. The minimum absolute atomic E-state index is 0.424. The molecule has 4 heteroatoms. The molecule has 98 valence electrons. The molecule has 0 radical (unpaired) electrons. The first-order valence-corrected chi connectivity index (χ1v) is 6.70. The summed E-state index contributed by atoms with van der Waals surface area (Å²) >= 11 is 3.44. The average Bonchev–Trinajstić information content (AvgIpc) is 2.40. The molecule has 0 bridgehead atoms. The van der Waals surface area contributed by atoms with Crippen molar-refractivity contribution in [1.82, 2.24) is 4.98 Å². The van der Waals surface area contributed by atoms with E-state index in [1.807, 2.05) is 36.4 Å². The predicted octanol–water partition coefficient (Wildman–Crippen LogP) is 3.43. The molecule has 1 unspecified atom stereocenters. The van der Waals surface area contributed by atoms with Crippen LogP contribution < -0.4 is 0 Å². The lowest BCUT2D eigenvalue weighted by atomic mass is 9.77. The molecule has 0 amide bonds. The molecule has 19 heavy (non-hydrogen) atoms. The highest BCUT2D eigenvalue weighted by molar-refractivity contribution is 9.10. The molecule has 0 fully saturated rings. The molecule has 0 spiro atoms. The van der Waals surface area contributed by atoms with Crippen molar-refractivity contribution in [3.05, 3.63) is 64.4 Å². The Labute approximate surface area is 120 Å². The number of hydrogen-bond donors (Lipinski definition) is 1. The summed E-state index contributed by atoms with van der Waals surface area (Å²) in [6.07, 6.45) is 3.78. The molecule has 3 nitrogen and oxygen atoms in total. The molecule has 2 aromatic rings. The van der Waals surface area contributed by atoms with Gasteiger partial charge in [0, 0.05) is 16.9 Å². The molecule has 1 atom stereocenters. The number of benzene rings is 1. The summed E-state index contributed by atoms with van der Waals surface area (Å²) in [5.74, 6) is -0.837. The molecule has 2 rings (SSSR count). The van der Waals surface area contributed by atoms with Crippen molar-refractivity contribution >= 4 is 21.9 Å². The van der Waals surface area contributed by atoms with E-state index >= 15 is 0 Å². The third-order valence-electron chi connectivity index (χ3n) is 3.25. The van der Waals surface area contributed by atoms with E-state index in [4.69, 9.17) is 0 Å². The van der Waals surface area contributed by atoms with Crippen molar-refractivity contribution in [2.75, 3.05) is 0 Å². The number of carboxylic acid groups (broad SMARTS) is 1. The summed E-state index contributed by atoms with van der Waals surface area (Å²) in [5.41, 5.74) is 0.761. The molecule has 1 N–H and O–H groups in total. The van der Waals surface area contributed by atoms with Gasteiger partial charge in [0.25, 0.3) is 0 Å². The van der Waals surface area contributed by atoms with Crippen molar-refractivity contribution < 1.29 is 9.90 Å². The Bertz CT molecular complexity index is 586. The highest BCUT2D eigenvalue weighted by atomic mass is 79.9. The van der Waals surface area contributed by atoms with Crippen LogP contribution in [0.5, 0.6) is 0 Å². The lowest BCUT2D eigenvalue weighted by Gasteiger charge is -2.26. The fourth-order valence-corrected chi connectivity index (χ4v) is 2.83. The van der Waals surface area contributed by atoms with Gasteiger partial charge in [0.2, 0.25) is 0 Å². The Kier molecular flexibility index (Phi) is 4.00. The first-order valence-electron chi connectivity index (χ1n) is 5.91. The second-order valence-electron chi connectivity index (χ2n) is 4.65.